The number of pyridine rings is 1. The van der Waals surface area contributed by atoms with Gasteiger partial charge in [0.25, 0.3) is 0 Å². The summed E-state index contributed by atoms with van der Waals surface area (Å²) in [7, 11) is 0. The largest absolute Gasteiger partial charge is 0.360 e. The van der Waals surface area contributed by atoms with Gasteiger partial charge in [0.05, 0.1) is 11.9 Å². The average Bonchev–Trinajstić information content (AvgIpc) is 3.01. The highest BCUT2D eigenvalue weighted by Crippen LogP contribution is 2.29. The van der Waals surface area contributed by atoms with Gasteiger partial charge in [0.2, 0.25) is 5.91 Å². The Balaban J connectivity index is 1.64. The Bertz CT molecular complexity index is 847. The van der Waals surface area contributed by atoms with Gasteiger partial charge in [0.1, 0.15) is 16.5 Å². The Hall–Kier alpha value is -2.54. The molecular formula is C17H19N5OS. The predicted molar refractivity (Wildman–Crippen MR) is 96.1 cm³/mol. The van der Waals surface area contributed by atoms with Crippen molar-refractivity contribution < 1.29 is 4.79 Å². The van der Waals surface area contributed by atoms with Crippen LogP contribution in [0.1, 0.15) is 23.2 Å². The normalized spacial score (nSPS) is 10.8. The maximum atomic E-state index is 12.0. The average molecular weight is 341 g/mol. The quantitative estimate of drug-likeness (QED) is 0.720. The summed E-state index contributed by atoms with van der Waals surface area (Å²) >= 11 is 1.67. The van der Waals surface area contributed by atoms with Gasteiger partial charge in [-0.25, -0.2) is 9.97 Å². The molecule has 0 saturated heterocycles. The van der Waals surface area contributed by atoms with E-state index in [-0.39, 0.29) is 12.5 Å². The van der Waals surface area contributed by atoms with Crippen LogP contribution in [0.3, 0.4) is 0 Å². The molecule has 0 saturated carbocycles. The topological polar surface area (TPSA) is 79.8 Å². The van der Waals surface area contributed by atoms with Gasteiger partial charge >= 0.3 is 0 Å². The Morgan fingerprint density at radius 1 is 1.33 bits per heavy atom. The fourth-order valence-electron chi connectivity index (χ4n) is 2.32. The van der Waals surface area contributed by atoms with Crippen molar-refractivity contribution >= 4 is 33.3 Å². The molecule has 3 aromatic rings. The molecule has 2 N–H and O–H groups in total. The van der Waals surface area contributed by atoms with Gasteiger partial charge in [-0.05, 0) is 31.0 Å². The van der Waals surface area contributed by atoms with Crippen LogP contribution in [0.15, 0.2) is 30.6 Å². The first kappa shape index (κ1) is 16.3. The van der Waals surface area contributed by atoms with Crippen LogP contribution in [0.25, 0.3) is 10.2 Å². The van der Waals surface area contributed by atoms with Crippen LogP contribution in [0, 0.1) is 6.92 Å². The second-order valence-electron chi connectivity index (χ2n) is 5.40. The number of thiophene rings is 1. The molecule has 3 heterocycles. The van der Waals surface area contributed by atoms with Crippen LogP contribution >= 0.6 is 11.3 Å². The third-order valence-corrected chi connectivity index (χ3v) is 4.71. The number of nitrogens with zero attached hydrogens (tertiary/aromatic N) is 3. The summed E-state index contributed by atoms with van der Waals surface area (Å²) in [6, 6.07) is 5.87. The molecule has 3 aromatic heterocycles. The molecule has 0 aliphatic rings. The molecule has 0 radical (unpaired) electrons. The van der Waals surface area contributed by atoms with Gasteiger partial charge in [0.15, 0.2) is 0 Å². The van der Waals surface area contributed by atoms with E-state index in [1.807, 2.05) is 19.1 Å². The summed E-state index contributed by atoms with van der Waals surface area (Å²) in [5, 5.41) is 6.97. The van der Waals surface area contributed by atoms with Crippen molar-refractivity contribution in [2.24, 2.45) is 0 Å². The van der Waals surface area contributed by atoms with Gasteiger partial charge in [-0.1, -0.05) is 13.0 Å². The van der Waals surface area contributed by atoms with Crippen LogP contribution in [-0.2, 0) is 17.8 Å². The van der Waals surface area contributed by atoms with Crippen molar-refractivity contribution in [3.05, 3.63) is 46.9 Å². The molecule has 0 fully saturated rings. The van der Waals surface area contributed by atoms with E-state index in [1.54, 1.807) is 23.7 Å². The minimum absolute atomic E-state index is 0.0887. The lowest BCUT2D eigenvalue weighted by atomic mass is 10.3. The molecule has 24 heavy (non-hydrogen) atoms. The number of anilines is 1. The lowest BCUT2D eigenvalue weighted by molar-refractivity contribution is -0.119. The molecule has 7 heteroatoms. The smallest absolute Gasteiger partial charge is 0.239 e. The third-order valence-electron chi connectivity index (χ3n) is 3.53. The maximum Gasteiger partial charge on any atom is 0.239 e. The number of hydrogen-bond donors (Lipinski definition) is 2. The second kappa shape index (κ2) is 7.35. The molecule has 0 atom stereocenters. The van der Waals surface area contributed by atoms with Crippen LogP contribution < -0.4 is 10.6 Å². The first-order chi connectivity index (χ1) is 11.7. The molecule has 1 amide bonds. The molecule has 0 aromatic carbocycles. The summed E-state index contributed by atoms with van der Waals surface area (Å²) in [4.78, 5) is 27.2. The zero-order chi connectivity index (χ0) is 16.9. The lowest BCUT2D eigenvalue weighted by Gasteiger charge is -2.08. The van der Waals surface area contributed by atoms with Gasteiger partial charge < -0.3 is 10.6 Å². The van der Waals surface area contributed by atoms with Crippen molar-refractivity contribution in [1.29, 1.82) is 0 Å². The number of hydrogen-bond acceptors (Lipinski definition) is 6. The zero-order valence-electron chi connectivity index (χ0n) is 13.7. The fourth-order valence-corrected chi connectivity index (χ4v) is 3.33. The number of amides is 1. The number of aromatic nitrogens is 3. The van der Waals surface area contributed by atoms with Crippen molar-refractivity contribution in [3.8, 4) is 0 Å². The summed E-state index contributed by atoms with van der Waals surface area (Å²) < 4.78 is 0. The van der Waals surface area contributed by atoms with Crippen molar-refractivity contribution in [1.82, 2.24) is 20.3 Å². The number of carbonyl (C=O) groups excluding carboxylic acids is 1. The first-order valence-corrected chi connectivity index (χ1v) is 8.64. The lowest BCUT2D eigenvalue weighted by Crippen LogP contribution is -2.29. The number of carbonyl (C=O) groups is 1. The predicted octanol–water partition coefficient (Wildman–Crippen LogP) is 2.69. The summed E-state index contributed by atoms with van der Waals surface area (Å²) in [6.45, 7) is 4.61. The first-order valence-electron chi connectivity index (χ1n) is 7.82. The standard InChI is InChI=1S/C17H19N5OS/c1-3-13-7-14-16(21-11(2)22-17(14)24-13)20-10-15(23)19-9-12-5-4-6-18-8-12/h4-8H,3,9-10H2,1-2H3,(H,19,23)(H,20,21,22). The fraction of sp³-hybridized carbons (Fsp3) is 0.294. The van der Waals surface area contributed by atoms with Gasteiger partial charge in [-0.3, -0.25) is 9.78 Å². The van der Waals surface area contributed by atoms with Gasteiger partial charge in [-0.2, -0.15) is 0 Å². The van der Waals surface area contributed by atoms with Crippen molar-refractivity contribution in [2.45, 2.75) is 26.8 Å². The molecule has 0 aliphatic heterocycles. The van der Waals surface area contributed by atoms with Gasteiger partial charge in [-0.15, -0.1) is 11.3 Å². The van der Waals surface area contributed by atoms with Crippen molar-refractivity contribution in [2.75, 3.05) is 11.9 Å². The summed E-state index contributed by atoms with van der Waals surface area (Å²) in [6.07, 6.45) is 4.41. The Morgan fingerprint density at radius 3 is 2.96 bits per heavy atom. The van der Waals surface area contributed by atoms with E-state index in [2.05, 4.69) is 38.6 Å². The third kappa shape index (κ3) is 3.86. The van der Waals surface area contributed by atoms with Crippen LogP contribution in [0.2, 0.25) is 0 Å². The number of aryl methyl sites for hydroxylation is 2. The SMILES string of the molecule is CCc1cc2c(NCC(=O)NCc3cccnc3)nc(C)nc2s1. The molecule has 0 unspecified atom stereocenters. The van der Waals surface area contributed by atoms with E-state index in [0.717, 1.165) is 22.2 Å². The van der Waals surface area contributed by atoms with E-state index in [0.29, 0.717) is 18.2 Å². The van der Waals surface area contributed by atoms with Gasteiger partial charge in [0, 0.05) is 23.8 Å². The molecule has 3 rings (SSSR count). The number of rotatable bonds is 6. The minimum Gasteiger partial charge on any atom is -0.360 e. The van der Waals surface area contributed by atoms with Crippen LogP contribution in [0.5, 0.6) is 0 Å². The molecule has 0 bridgehead atoms. The zero-order valence-corrected chi connectivity index (χ0v) is 14.5. The Kier molecular flexibility index (Phi) is 5.00. The van der Waals surface area contributed by atoms with E-state index in [9.17, 15) is 4.79 Å². The van der Waals surface area contributed by atoms with Crippen molar-refractivity contribution in [3.63, 3.8) is 0 Å². The Labute approximate surface area is 144 Å². The summed E-state index contributed by atoms with van der Waals surface area (Å²) in [5.41, 5.74) is 0.969. The highest BCUT2D eigenvalue weighted by molar-refractivity contribution is 7.18. The highest BCUT2D eigenvalue weighted by atomic mass is 32.1. The number of nitrogens with one attached hydrogen (secondary N) is 2. The van der Waals surface area contributed by atoms with Crippen LogP contribution in [-0.4, -0.2) is 27.4 Å². The van der Waals surface area contributed by atoms with E-state index < -0.39 is 0 Å². The second-order valence-corrected chi connectivity index (χ2v) is 6.51. The molecule has 0 aliphatic carbocycles. The minimum atomic E-state index is -0.0887. The summed E-state index contributed by atoms with van der Waals surface area (Å²) in [5.74, 6) is 1.32. The van der Waals surface area contributed by atoms with E-state index in [4.69, 9.17) is 0 Å². The molecule has 6 nitrogen and oxygen atoms in total. The maximum absolute atomic E-state index is 12.0. The Morgan fingerprint density at radius 2 is 2.21 bits per heavy atom. The molecule has 124 valence electrons. The number of fused-ring (bicyclic) bond motifs is 1. The molecule has 0 spiro atoms. The monoisotopic (exact) mass is 341 g/mol. The van der Waals surface area contributed by atoms with Crippen LogP contribution in [0.4, 0.5) is 5.82 Å². The highest BCUT2D eigenvalue weighted by Gasteiger charge is 2.11. The molecular weight excluding hydrogens is 322 g/mol. The van der Waals surface area contributed by atoms with E-state index in [1.165, 1.54) is 4.88 Å². The van der Waals surface area contributed by atoms with E-state index >= 15 is 0 Å².